The summed E-state index contributed by atoms with van der Waals surface area (Å²) in [6.07, 6.45) is 3.64. The molecule has 1 rings (SSSR count). The van der Waals surface area contributed by atoms with E-state index >= 15 is 0 Å². The van der Waals surface area contributed by atoms with Crippen molar-refractivity contribution in [3.63, 3.8) is 0 Å². The van der Waals surface area contributed by atoms with Crippen molar-refractivity contribution < 1.29 is 14.6 Å². The van der Waals surface area contributed by atoms with E-state index in [-0.39, 0.29) is 23.9 Å². The van der Waals surface area contributed by atoms with Crippen LogP contribution in [0, 0.1) is 11.8 Å². The number of aliphatic hydroxyl groups is 1. The van der Waals surface area contributed by atoms with Crippen molar-refractivity contribution >= 4 is 5.97 Å². The minimum Gasteiger partial charge on any atom is -0.469 e. The molecule has 0 saturated heterocycles. The van der Waals surface area contributed by atoms with Crippen LogP contribution >= 0.6 is 0 Å². The Hall–Kier alpha value is -0.570. The first kappa shape index (κ1) is 10.5. The number of ether oxygens (including phenoxy) is 1. The van der Waals surface area contributed by atoms with E-state index in [2.05, 4.69) is 4.74 Å². The maximum Gasteiger partial charge on any atom is 0.308 e. The van der Waals surface area contributed by atoms with Gasteiger partial charge in [-0.2, -0.15) is 0 Å². The molecule has 0 amide bonds. The number of esters is 1. The number of carbonyl (C=O) groups excluding carboxylic acids is 1. The lowest BCUT2D eigenvalue weighted by atomic mass is 9.79. The van der Waals surface area contributed by atoms with Gasteiger partial charge in [-0.05, 0) is 18.8 Å². The van der Waals surface area contributed by atoms with Crippen LogP contribution in [-0.2, 0) is 9.53 Å². The SMILES string of the molecule is COC(=O)C(C)C1CCCCC1O. The van der Waals surface area contributed by atoms with E-state index < -0.39 is 0 Å². The van der Waals surface area contributed by atoms with Crippen molar-refractivity contribution in [1.29, 1.82) is 0 Å². The Labute approximate surface area is 79.1 Å². The molecule has 3 atom stereocenters. The van der Waals surface area contributed by atoms with Crippen LogP contribution in [0.25, 0.3) is 0 Å². The Bertz CT molecular complexity index is 179. The number of hydrogen-bond donors (Lipinski definition) is 1. The first-order valence-electron chi connectivity index (χ1n) is 4.92. The van der Waals surface area contributed by atoms with Crippen LogP contribution in [0.2, 0.25) is 0 Å². The van der Waals surface area contributed by atoms with Gasteiger partial charge in [-0.3, -0.25) is 4.79 Å². The number of rotatable bonds is 2. The molecule has 0 aromatic rings. The maximum atomic E-state index is 11.2. The lowest BCUT2D eigenvalue weighted by Gasteiger charge is -2.30. The highest BCUT2D eigenvalue weighted by atomic mass is 16.5. The molecule has 1 aliphatic carbocycles. The summed E-state index contributed by atoms with van der Waals surface area (Å²) in [5.41, 5.74) is 0. The van der Waals surface area contributed by atoms with Crippen molar-refractivity contribution in [2.24, 2.45) is 11.8 Å². The zero-order valence-corrected chi connectivity index (χ0v) is 8.32. The third-order valence-electron chi connectivity index (χ3n) is 3.00. The molecule has 0 heterocycles. The van der Waals surface area contributed by atoms with E-state index in [1.807, 2.05) is 6.92 Å². The summed E-state index contributed by atoms with van der Waals surface area (Å²) in [6.45, 7) is 1.84. The fourth-order valence-corrected chi connectivity index (χ4v) is 2.08. The monoisotopic (exact) mass is 186 g/mol. The quantitative estimate of drug-likeness (QED) is 0.662. The molecule has 0 aromatic heterocycles. The molecule has 0 aliphatic heterocycles. The second kappa shape index (κ2) is 4.61. The van der Waals surface area contributed by atoms with E-state index in [0.717, 1.165) is 25.7 Å². The molecule has 0 spiro atoms. The van der Waals surface area contributed by atoms with Crippen LogP contribution in [-0.4, -0.2) is 24.3 Å². The van der Waals surface area contributed by atoms with Crippen molar-refractivity contribution in [1.82, 2.24) is 0 Å². The normalized spacial score (nSPS) is 31.0. The van der Waals surface area contributed by atoms with Gasteiger partial charge < -0.3 is 9.84 Å². The van der Waals surface area contributed by atoms with Crippen molar-refractivity contribution in [2.45, 2.75) is 38.7 Å². The molecule has 13 heavy (non-hydrogen) atoms. The Morgan fingerprint density at radius 3 is 2.62 bits per heavy atom. The summed E-state index contributed by atoms with van der Waals surface area (Å²) >= 11 is 0. The largest absolute Gasteiger partial charge is 0.469 e. The third-order valence-corrected chi connectivity index (χ3v) is 3.00. The standard InChI is InChI=1S/C10H18O3/c1-7(10(12)13-2)8-5-3-4-6-9(8)11/h7-9,11H,3-6H2,1-2H3. The van der Waals surface area contributed by atoms with E-state index in [1.165, 1.54) is 7.11 Å². The van der Waals surface area contributed by atoms with Crippen molar-refractivity contribution in [3.05, 3.63) is 0 Å². The van der Waals surface area contributed by atoms with Crippen molar-refractivity contribution in [2.75, 3.05) is 7.11 Å². The Morgan fingerprint density at radius 2 is 2.08 bits per heavy atom. The van der Waals surface area contributed by atoms with Gasteiger partial charge in [0.15, 0.2) is 0 Å². The third kappa shape index (κ3) is 2.44. The van der Waals surface area contributed by atoms with Crippen LogP contribution in [0.15, 0.2) is 0 Å². The molecular formula is C10H18O3. The van der Waals surface area contributed by atoms with Crippen LogP contribution in [0.3, 0.4) is 0 Å². The van der Waals surface area contributed by atoms with Gasteiger partial charge >= 0.3 is 5.97 Å². The number of aliphatic hydroxyl groups excluding tert-OH is 1. The van der Waals surface area contributed by atoms with Gasteiger partial charge in [0, 0.05) is 0 Å². The highest BCUT2D eigenvalue weighted by Gasteiger charge is 2.32. The molecule has 0 radical (unpaired) electrons. The van der Waals surface area contributed by atoms with Gasteiger partial charge in [0.25, 0.3) is 0 Å². The summed E-state index contributed by atoms with van der Waals surface area (Å²) in [5, 5.41) is 9.68. The predicted octanol–water partition coefficient (Wildman–Crippen LogP) is 1.35. The minimum atomic E-state index is -0.317. The first-order valence-corrected chi connectivity index (χ1v) is 4.92. The molecule has 0 bridgehead atoms. The van der Waals surface area contributed by atoms with Gasteiger partial charge in [-0.15, -0.1) is 0 Å². The average molecular weight is 186 g/mol. The summed E-state index contributed by atoms with van der Waals surface area (Å²) in [7, 11) is 1.40. The zero-order chi connectivity index (χ0) is 9.84. The van der Waals surface area contributed by atoms with Crippen LogP contribution in [0.5, 0.6) is 0 Å². The number of hydrogen-bond acceptors (Lipinski definition) is 3. The molecule has 1 saturated carbocycles. The lowest BCUT2D eigenvalue weighted by Crippen LogP contribution is -2.34. The highest BCUT2D eigenvalue weighted by molar-refractivity contribution is 5.72. The molecule has 76 valence electrons. The van der Waals surface area contributed by atoms with Gasteiger partial charge in [0.1, 0.15) is 0 Å². The lowest BCUT2D eigenvalue weighted by molar-refractivity contribution is -0.149. The number of methoxy groups -OCH3 is 1. The summed E-state index contributed by atoms with van der Waals surface area (Å²) in [5.74, 6) is -0.271. The summed E-state index contributed by atoms with van der Waals surface area (Å²) in [4.78, 5) is 11.2. The van der Waals surface area contributed by atoms with Gasteiger partial charge in [-0.1, -0.05) is 19.8 Å². The zero-order valence-electron chi connectivity index (χ0n) is 8.32. The van der Waals surface area contributed by atoms with Crippen LogP contribution < -0.4 is 0 Å². The second-order valence-electron chi connectivity index (χ2n) is 3.83. The van der Waals surface area contributed by atoms with Crippen LogP contribution in [0.4, 0.5) is 0 Å². The van der Waals surface area contributed by atoms with E-state index in [0.29, 0.717) is 0 Å². The number of carbonyl (C=O) groups is 1. The smallest absolute Gasteiger partial charge is 0.308 e. The van der Waals surface area contributed by atoms with E-state index in [1.54, 1.807) is 0 Å². The van der Waals surface area contributed by atoms with Gasteiger partial charge in [0.05, 0.1) is 19.1 Å². The van der Waals surface area contributed by atoms with Crippen molar-refractivity contribution in [3.8, 4) is 0 Å². The predicted molar refractivity (Wildman–Crippen MR) is 49.1 cm³/mol. The Morgan fingerprint density at radius 1 is 1.46 bits per heavy atom. The Kier molecular flexibility index (Phi) is 3.72. The molecule has 0 aromatic carbocycles. The fourth-order valence-electron chi connectivity index (χ4n) is 2.08. The van der Waals surface area contributed by atoms with E-state index in [4.69, 9.17) is 0 Å². The second-order valence-corrected chi connectivity index (χ2v) is 3.83. The fraction of sp³-hybridized carbons (Fsp3) is 0.900. The minimum absolute atomic E-state index is 0.0983. The summed E-state index contributed by atoms with van der Waals surface area (Å²) < 4.78 is 4.66. The molecule has 3 unspecified atom stereocenters. The molecule has 3 heteroatoms. The van der Waals surface area contributed by atoms with E-state index in [9.17, 15) is 9.90 Å². The van der Waals surface area contributed by atoms with Gasteiger partial charge in [0.2, 0.25) is 0 Å². The highest BCUT2D eigenvalue weighted by Crippen LogP contribution is 2.30. The van der Waals surface area contributed by atoms with Crippen LogP contribution in [0.1, 0.15) is 32.6 Å². The topological polar surface area (TPSA) is 46.5 Å². The maximum absolute atomic E-state index is 11.2. The molecule has 1 aliphatic rings. The molecule has 3 nitrogen and oxygen atoms in total. The Balaban J connectivity index is 2.53. The molecule has 1 fully saturated rings. The summed E-state index contributed by atoms with van der Waals surface area (Å²) in [6, 6.07) is 0. The molecule has 1 N–H and O–H groups in total. The van der Waals surface area contributed by atoms with Gasteiger partial charge in [-0.25, -0.2) is 0 Å². The average Bonchev–Trinajstić information content (AvgIpc) is 2.16. The first-order chi connectivity index (χ1) is 6.16. The molecular weight excluding hydrogens is 168 g/mol.